The van der Waals surface area contributed by atoms with Crippen LogP contribution in [0.25, 0.3) is 0 Å². The number of amides is 1. The fourth-order valence-electron chi connectivity index (χ4n) is 0.0816. The molecule has 0 aromatic heterocycles. The van der Waals surface area contributed by atoms with Crippen molar-refractivity contribution in [2.24, 2.45) is 4.99 Å². The van der Waals surface area contributed by atoms with Crippen molar-refractivity contribution in [1.29, 1.82) is 0 Å². The predicted molar refractivity (Wildman–Crippen MR) is 21.8 cm³/mol. The maximum absolute atomic E-state index is 9.43. The molecule has 4 heteroatoms. The minimum atomic E-state index is -1.25. The summed E-state index contributed by atoms with van der Waals surface area (Å²) in [4.78, 5) is 21.2. The first kappa shape index (κ1) is 5.81. The van der Waals surface area contributed by atoms with Crippen molar-refractivity contribution >= 4 is 18.6 Å². The number of rotatable bonds is 2. The van der Waals surface area contributed by atoms with Gasteiger partial charge in [0, 0.05) is 0 Å². The van der Waals surface area contributed by atoms with E-state index < -0.39 is 5.97 Å². The molecule has 1 radical (unpaired) electrons. The predicted octanol–water partition coefficient (Wildman–Crippen LogP) is -0.791. The quantitative estimate of drug-likeness (QED) is 0.462. The molecule has 0 bridgehead atoms. The van der Waals surface area contributed by atoms with Crippen LogP contribution < -0.4 is 0 Å². The van der Waals surface area contributed by atoms with Crippen LogP contribution in [0, 0.1) is 0 Å². The summed E-state index contributed by atoms with van der Waals surface area (Å²) in [5, 5.41) is 7.72. The molecule has 37 valence electrons. The Kier molecular flexibility index (Phi) is 2.50. The molecule has 1 amide bonds. The van der Waals surface area contributed by atoms with E-state index in [1.165, 1.54) is 0 Å². The van der Waals surface area contributed by atoms with Gasteiger partial charge in [0.05, 0.1) is 0 Å². The summed E-state index contributed by atoms with van der Waals surface area (Å²) in [6.07, 6.45) is 1.50. The SMILES string of the molecule is O=[C]N=CC(=O)O. The van der Waals surface area contributed by atoms with E-state index in [0.717, 1.165) is 6.41 Å². The van der Waals surface area contributed by atoms with E-state index in [9.17, 15) is 4.79 Å². The van der Waals surface area contributed by atoms with Gasteiger partial charge in [-0.25, -0.2) is 9.79 Å². The topological polar surface area (TPSA) is 66.7 Å². The lowest BCUT2D eigenvalue weighted by Gasteiger charge is -1.67. The fraction of sp³-hybridized carbons (Fsp3) is 0. The monoisotopic (exact) mass is 100 g/mol. The molecule has 0 aromatic rings. The Bertz CT molecular complexity index is 107. The highest BCUT2D eigenvalue weighted by Crippen LogP contribution is 1.53. The molecule has 0 saturated carbocycles. The Morgan fingerprint density at radius 2 is 2.43 bits per heavy atom. The number of carbonyl (C=O) groups is 1. The van der Waals surface area contributed by atoms with Crippen molar-refractivity contribution < 1.29 is 14.7 Å². The van der Waals surface area contributed by atoms with Crippen LogP contribution in [0.4, 0.5) is 0 Å². The van der Waals surface area contributed by atoms with Crippen LogP contribution in [0.15, 0.2) is 4.99 Å². The zero-order valence-electron chi connectivity index (χ0n) is 3.29. The van der Waals surface area contributed by atoms with E-state index in [0.29, 0.717) is 6.21 Å². The lowest BCUT2D eigenvalue weighted by Crippen LogP contribution is -1.93. The third-order valence-corrected chi connectivity index (χ3v) is 0.228. The normalized spacial score (nSPS) is 9.14. The lowest BCUT2D eigenvalue weighted by atomic mass is 10.8. The number of nitrogens with zero attached hydrogens (tertiary/aromatic N) is 1. The molecule has 0 saturated heterocycles. The van der Waals surface area contributed by atoms with Gasteiger partial charge in [0.1, 0.15) is 6.21 Å². The first-order valence-electron chi connectivity index (χ1n) is 1.40. The molecular formula is C3H2NO3. The van der Waals surface area contributed by atoms with Gasteiger partial charge in [-0.05, 0) is 0 Å². The molecule has 1 N–H and O–H groups in total. The van der Waals surface area contributed by atoms with Crippen LogP contribution in [0.2, 0.25) is 0 Å². The van der Waals surface area contributed by atoms with Crippen molar-refractivity contribution in [2.45, 2.75) is 0 Å². The summed E-state index contributed by atoms with van der Waals surface area (Å²) < 4.78 is 0. The van der Waals surface area contributed by atoms with Crippen molar-refractivity contribution in [3.05, 3.63) is 0 Å². The number of hydrogen-bond donors (Lipinski definition) is 1. The smallest absolute Gasteiger partial charge is 0.347 e. The molecule has 4 nitrogen and oxygen atoms in total. The van der Waals surface area contributed by atoms with E-state index in [-0.39, 0.29) is 0 Å². The van der Waals surface area contributed by atoms with Gasteiger partial charge in [0.25, 0.3) is 0 Å². The van der Waals surface area contributed by atoms with Gasteiger partial charge in [-0.3, -0.25) is 4.79 Å². The molecule has 0 aromatic carbocycles. The molecule has 0 spiro atoms. The van der Waals surface area contributed by atoms with Gasteiger partial charge < -0.3 is 5.11 Å². The molecule has 7 heavy (non-hydrogen) atoms. The molecule has 0 unspecified atom stereocenters. The minimum absolute atomic E-state index is 0.465. The zero-order valence-corrected chi connectivity index (χ0v) is 3.29. The van der Waals surface area contributed by atoms with Gasteiger partial charge >= 0.3 is 12.4 Å². The highest BCUT2D eigenvalue weighted by atomic mass is 16.4. The first-order valence-corrected chi connectivity index (χ1v) is 1.40. The number of aliphatic carboxylic acids is 1. The summed E-state index contributed by atoms with van der Waals surface area (Å²) in [5.41, 5.74) is 0. The maximum Gasteiger partial charge on any atom is 0.347 e. The number of carboxylic acid groups (broad SMARTS) is 1. The second kappa shape index (κ2) is 3.02. The van der Waals surface area contributed by atoms with Gasteiger partial charge in [-0.1, -0.05) is 0 Å². The average molecular weight is 100 g/mol. The Labute approximate surface area is 39.5 Å². The first-order chi connectivity index (χ1) is 3.27. The number of aliphatic imine (C=N–C) groups is 1. The molecule has 0 aliphatic rings. The summed E-state index contributed by atoms with van der Waals surface area (Å²) in [7, 11) is 0. The third-order valence-electron chi connectivity index (χ3n) is 0.228. The summed E-state index contributed by atoms with van der Waals surface area (Å²) >= 11 is 0. The molecule has 0 rings (SSSR count). The Morgan fingerprint density at radius 3 is 2.57 bits per heavy atom. The molecular weight excluding hydrogens is 98.0 g/mol. The molecule has 0 aliphatic carbocycles. The summed E-state index contributed by atoms with van der Waals surface area (Å²) in [6.45, 7) is 0. The van der Waals surface area contributed by atoms with Crippen molar-refractivity contribution in [3.63, 3.8) is 0 Å². The van der Waals surface area contributed by atoms with Crippen LogP contribution in [0.5, 0.6) is 0 Å². The zero-order chi connectivity index (χ0) is 5.70. The van der Waals surface area contributed by atoms with E-state index in [1.54, 1.807) is 0 Å². The van der Waals surface area contributed by atoms with Crippen molar-refractivity contribution in [2.75, 3.05) is 0 Å². The molecule has 0 fully saturated rings. The largest absolute Gasteiger partial charge is 0.477 e. The van der Waals surface area contributed by atoms with E-state index in [1.807, 2.05) is 0 Å². The summed E-state index contributed by atoms with van der Waals surface area (Å²) in [6, 6.07) is 0. The summed E-state index contributed by atoms with van der Waals surface area (Å²) in [5.74, 6) is -1.25. The average Bonchev–Trinajstić information content (AvgIpc) is 1.61. The van der Waals surface area contributed by atoms with Gasteiger partial charge in [-0.15, -0.1) is 0 Å². The van der Waals surface area contributed by atoms with Gasteiger partial charge in [0.15, 0.2) is 0 Å². The Morgan fingerprint density at radius 1 is 1.86 bits per heavy atom. The highest BCUT2D eigenvalue weighted by Gasteiger charge is 1.81. The van der Waals surface area contributed by atoms with E-state index in [4.69, 9.17) is 9.90 Å². The van der Waals surface area contributed by atoms with E-state index in [2.05, 4.69) is 4.99 Å². The highest BCUT2D eigenvalue weighted by molar-refractivity contribution is 6.23. The van der Waals surface area contributed by atoms with Crippen LogP contribution >= 0.6 is 0 Å². The molecule has 0 aliphatic heterocycles. The van der Waals surface area contributed by atoms with Crippen LogP contribution in [0.1, 0.15) is 0 Å². The Balaban J connectivity index is 3.46. The standard InChI is InChI=1S/C3H2NO3/c5-2-4-1-3(6)7/h1H,(H,6,7). The molecule has 0 atom stereocenters. The second-order valence-corrected chi connectivity index (χ2v) is 0.688. The van der Waals surface area contributed by atoms with Gasteiger partial charge in [-0.2, -0.15) is 0 Å². The number of carbonyl (C=O) groups excluding carboxylic acids is 1. The number of hydrogen-bond acceptors (Lipinski definition) is 2. The van der Waals surface area contributed by atoms with Crippen molar-refractivity contribution in [1.82, 2.24) is 0 Å². The fourth-order valence-corrected chi connectivity index (χ4v) is 0.0816. The number of carboxylic acids is 1. The molecule has 0 heterocycles. The van der Waals surface area contributed by atoms with Gasteiger partial charge in [0.2, 0.25) is 0 Å². The maximum atomic E-state index is 9.43. The van der Waals surface area contributed by atoms with Crippen LogP contribution in [-0.4, -0.2) is 23.7 Å². The lowest BCUT2D eigenvalue weighted by molar-refractivity contribution is -0.128. The Hall–Kier alpha value is -1.19. The van der Waals surface area contributed by atoms with Crippen LogP contribution in [0.3, 0.4) is 0 Å². The van der Waals surface area contributed by atoms with Crippen LogP contribution in [-0.2, 0) is 9.59 Å². The second-order valence-electron chi connectivity index (χ2n) is 0.688. The minimum Gasteiger partial charge on any atom is -0.477 e. The van der Waals surface area contributed by atoms with Crippen molar-refractivity contribution in [3.8, 4) is 0 Å². The van der Waals surface area contributed by atoms with E-state index >= 15 is 0 Å². The third kappa shape index (κ3) is 4.81.